The molecule has 0 bridgehead atoms. The third-order valence-electron chi connectivity index (χ3n) is 6.72. The molecular weight excluding hydrogens is 438 g/mol. The van der Waals surface area contributed by atoms with E-state index < -0.39 is 0 Å². The van der Waals surface area contributed by atoms with Crippen molar-refractivity contribution in [2.75, 3.05) is 17.2 Å². The monoisotopic (exact) mass is 467 g/mol. The molecule has 174 valence electrons. The van der Waals surface area contributed by atoms with E-state index in [1.807, 2.05) is 30.6 Å². The smallest absolute Gasteiger partial charge is 0.222 e. The highest BCUT2D eigenvalue weighted by atomic mass is 35.5. The number of pyridine rings is 2. The van der Waals surface area contributed by atoms with E-state index in [0.29, 0.717) is 29.1 Å². The summed E-state index contributed by atoms with van der Waals surface area (Å²) in [6, 6.07) is 6.80. The molecule has 3 heterocycles. The molecule has 2 fully saturated rings. The minimum absolute atomic E-state index is 0.136. The third-order valence-corrected chi connectivity index (χ3v) is 7.00. The van der Waals surface area contributed by atoms with Gasteiger partial charge in [-0.2, -0.15) is 0 Å². The standard InChI is InChI=1S/C24H30ClN7O/c25-23-22-17(7-8-26-23)3-6-21(32-22)31-18-4-1-15(2-5-18)11-28-24-29-13-16(14-30-24)12-27-19-9-20(33)10-19/h3,6-8,13-15,18-20,27,33H,1-2,4-5,9-12H2,(H,31,32)(H,28,29,30)/t15-,18-,19?,20?. The lowest BCUT2D eigenvalue weighted by Gasteiger charge is -2.32. The minimum atomic E-state index is -0.136. The van der Waals surface area contributed by atoms with Crippen LogP contribution in [0.5, 0.6) is 0 Å². The molecular formula is C24H30ClN7O. The number of rotatable bonds is 8. The molecule has 3 aromatic heterocycles. The molecule has 5 rings (SSSR count). The predicted octanol–water partition coefficient (Wildman–Crippen LogP) is 3.77. The number of halogens is 1. The van der Waals surface area contributed by atoms with Crippen molar-refractivity contribution in [2.24, 2.45) is 5.92 Å². The number of fused-ring (bicyclic) bond motifs is 1. The van der Waals surface area contributed by atoms with Crippen molar-refractivity contribution >= 4 is 34.3 Å². The average molecular weight is 468 g/mol. The Morgan fingerprint density at radius 1 is 0.970 bits per heavy atom. The van der Waals surface area contributed by atoms with E-state index in [9.17, 15) is 5.11 Å². The van der Waals surface area contributed by atoms with Crippen LogP contribution in [0.4, 0.5) is 11.8 Å². The Kier molecular flexibility index (Phi) is 6.85. The fourth-order valence-electron chi connectivity index (χ4n) is 4.60. The van der Waals surface area contributed by atoms with Crippen LogP contribution in [0.15, 0.2) is 36.8 Å². The van der Waals surface area contributed by atoms with Crippen molar-refractivity contribution in [3.05, 3.63) is 47.5 Å². The molecule has 0 unspecified atom stereocenters. The van der Waals surface area contributed by atoms with Gasteiger partial charge in [0.25, 0.3) is 0 Å². The summed E-state index contributed by atoms with van der Waals surface area (Å²) >= 11 is 6.20. The lowest BCUT2D eigenvalue weighted by Crippen LogP contribution is -2.43. The molecule has 0 aliphatic heterocycles. The second-order valence-electron chi connectivity index (χ2n) is 9.23. The molecule has 2 aliphatic carbocycles. The molecule has 2 aliphatic rings. The normalized spacial score (nSPS) is 24.9. The van der Waals surface area contributed by atoms with Gasteiger partial charge in [-0.05, 0) is 62.6 Å². The number of aliphatic hydroxyl groups is 1. The summed E-state index contributed by atoms with van der Waals surface area (Å²) in [5.74, 6) is 2.15. The Labute approximate surface area is 198 Å². The Bertz CT molecular complexity index is 1070. The van der Waals surface area contributed by atoms with Gasteiger partial charge < -0.3 is 21.1 Å². The Morgan fingerprint density at radius 3 is 2.52 bits per heavy atom. The summed E-state index contributed by atoms with van der Waals surface area (Å²) < 4.78 is 0. The number of aromatic nitrogens is 4. The molecule has 0 atom stereocenters. The second-order valence-corrected chi connectivity index (χ2v) is 9.59. The van der Waals surface area contributed by atoms with Crippen LogP contribution in [0.1, 0.15) is 44.1 Å². The first-order valence-electron chi connectivity index (χ1n) is 11.8. The van der Waals surface area contributed by atoms with Gasteiger partial charge in [0.2, 0.25) is 5.95 Å². The Hall–Kier alpha value is -2.55. The highest BCUT2D eigenvalue weighted by Crippen LogP contribution is 2.28. The molecule has 2 saturated carbocycles. The summed E-state index contributed by atoms with van der Waals surface area (Å²) in [5, 5.41) is 21.2. The first-order chi connectivity index (χ1) is 16.1. The zero-order chi connectivity index (χ0) is 22.6. The fraction of sp³-hybridized carbons (Fsp3) is 0.500. The molecule has 3 aromatic rings. The molecule has 0 radical (unpaired) electrons. The van der Waals surface area contributed by atoms with Crippen molar-refractivity contribution < 1.29 is 5.11 Å². The Morgan fingerprint density at radius 2 is 1.76 bits per heavy atom. The zero-order valence-electron chi connectivity index (χ0n) is 18.5. The summed E-state index contributed by atoms with van der Waals surface area (Å²) in [4.78, 5) is 17.7. The highest BCUT2D eigenvalue weighted by Gasteiger charge is 2.26. The van der Waals surface area contributed by atoms with E-state index >= 15 is 0 Å². The summed E-state index contributed by atoms with van der Waals surface area (Å²) in [6.07, 6.45) is 11.5. The first kappa shape index (κ1) is 22.3. The van der Waals surface area contributed by atoms with Crippen LogP contribution in [-0.4, -0.2) is 49.8 Å². The van der Waals surface area contributed by atoms with Gasteiger partial charge in [0.15, 0.2) is 5.15 Å². The molecule has 0 saturated heterocycles. The third kappa shape index (κ3) is 5.69. The van der Waals surface area contributed by atoms with Crippen LogP contribution >= 0.6 is 11.6 Å². The Balaban J connectivity index is 1.04. The molecule has 33 heavy (non-hydrogen) atoms. The fourth-order valence-corrected chi connectivity index (χ4v) is 4.81. The van der Waals surface area contributed by atoms with Crippen LogP contribution in [-0.2, 0) is 6.54 Å². The highest BCUT2D eigenvalue weighted by molar-refractivity contribution is 6.33. The largest absolute Gasteiger partial charge is 0.393 e. The first-order valence-corrected chi connectivity index (χ1v) is 12.1. The molecule has 8 nitrogen and oxygen atoms in total. The quantitative estimate of drug-likeness (QED) is 0.371. The number of nitrogens with one attached hydrogen (secondary N) is 3. The molecule has 0 spiro atoms. The van der Waals surface area contributed by atoms with Crippen LogP contribution in [0.25, 0.3) is 10.9 Å². The van der Waals surface area contributed by atoms with E-state index in [1.54, 1.807) is 6.20 Å². The van der Waals surface area contributed by atoms with Gasteiger partial charge in [0.1, 0.15) is 11.3 Å². The van der Waals surface area contributed by atoms with Gasteiger partial charge in [-0.1, -0.05) is 11.6 Å². The van der Waals surface area contributed by atoms with Crippen molar-refractivity contribution in [1.29, 1.82) is 0 Å². The number of hydrogen-bond donors (Lipinski definition) is 4. The van der Waals surface area contributed by atoms with E-state index in [-0.39, 0.29) is 6.10 Å². The van der Waals surface area contributed by atoms with Gasteiger partial charge in [-0.15, -0.1) is 0 Å². The van der Waals surface area contributed by atoms with E-state index in [4.69, 9.17) is 11.6 Å². The molecule has 0 amide bonds. The van der Waals surface area contributed by atoms with Gasteiger partial charge >= 0.3 is 0 Å². The topological polar surface area (TPSA) is 108 Å². The van der Waals surface area contributed by atoms with Crippen LogP contribution in [0.3, 0.4) is 0 Å². The van der Waals surface area contributed by atoms with E-state index in [2.05, 4.69) is 35.9 Å². The predicted molar refractivity (Wildman–Crippen MR) is 130 cm³/mol. The van der Waals surface area contributed by atoms with Crippen LogP contribution in [0, 0.1) is 5.92 Å². The summed E-state index contributed by atoms with van der Waals surface area (Å²) in [7, 11) is 0. The zero-order valence-corrected chi connectivity index (χ0v) is 19.3. The maximum absolute atomic E-state index is 9.36. The maximum Gasteiger partial charge on any atom is 0.222 e. The van der Waals surface area contributed by atoms with Crippen molar-refractivity contribution in [3.63, 3.8) is 0 Å². The molecule has 9 heteroatoms. The van der Waals surface area contributed by atoms with Gasteiger partial charge in [-0.25, -0.2) is 19.9 Å². The maximum atomic E-state index is 9.36. The molecule has 0 aromatic carbocycles. The number of aliphatic hydroxyl groups excluding tert-OH is 1. The minimum Gasteiger partial charge on any atom is -0.393 e. The van der Waals surface area contributed by atoms with Gasteiger partial charge in [-0.3, -0.25) is 0 Å². The number of anilines is 2. The second kappa shape index (κ2) is 10.2. The van der Waals surface area contributed by atoms with Crippen LogP contribution in [0.2, 0.25) is 5.15 Å². The van der Waals surface area contributed by atoms with Crippen molar-refractivity contribution in [1.82, 2.24) is 25.3 Å². The van der Waals surface area contributed by atoms with Crippen LogP contribution < -0.4 is 16.0 Å². The van der Waals surface area contributed by atoms with Crippen molar-refractivity contribution in [2.45, 2.75) is 63.3 Å². The number of nitrogens with zero attached hydrogens (tertiary/aromatic N) is 4. The SMILES string of the molecule is OC1CC(NCc2cnc(NC[C@H]3CC[C@H](Nc4ccc5ccnc(Cl)c5n4)CC3)nc2)C1. The lowest BCUT2D eigenvalue weighted by molar-refractivity contribution is 0.0619. The van der Waals surface area contributed by atoms with Gasteiger partial charge in [0.05, 0.1) is 6.10 Å². The van der Waals surface area contributed by atoms with Crippen molar-refractivity contribution in [3.8, 4) is 0 Å². The van der Waals surface area contributed by atoms with E-state index in [1.165, 1.54) is 0 Å². The van der Waals surface area contributed by atoms with E-state index in [0.717, 1.165) is 73.9 Å². The summed E-state index contributed by atoms with van der Waals surface area (Å²) in [5.41, 5.74) is 1.80. The van der Waals surface area contributed by atoms with Gasteiger partial charge in [0, 0.05) is 54.7 Å². The molecule has 4 N–H and O–H groups in total. The average Bonchev–Trinajstić information content (AvgIpc) is 2.82. The lowest BCUT2D eigenvalue weighted by atomic mass is 9.86. The number of hydrogen-bond acceptors (Lipinski definition) is 8. The summed E-state index contributed by atoms with van der Waals surface area (Å²) in [6.45, 7) is 1.63.